The first-order valence-electron chi connectivity index (χ1n) is 8.71. The number of hydrogen-bond donors (Lipinski definition) is 1. The van der Waals surface area contributed by atoms with Gasteiger partial charge < -0.3 is 10.2 Å². The van der Waals surface area contributed by atoms with Crippen LogP contribution in [0.15, 0.2) is 0 Å². The first-order chi connectivity index (χ1) is 9.58. The summed E-state index contributed by atoms with van der Waals surface area (Å²) in [6.07, 6.45) is 4.27. The summed E-state index contributed by atoms with van der Waals surface area (Å²) in [6.45, 7) is 14.5. The average Bonchev–Trinajstić information content (AvgIpc) is 2.45. The molecule has 0 radical (unpaired) electrons. The molecule has 0 aromatic rings. The zero-order valence-electron chi connectivity index (χ0n) is 14.1. The predicted octanol–water partition coefficient (Wildman–Crippen LogP) is 2.28. The Balaban J connectivity index is 1.82. The molecule has 2 fully saturated rings. The van der Waals surface area contributed by atoms with Crippen molar-refractivity contribution in [1.29, 1.82) is 0 Å². The highest BCUT2D eigenvalue weighted by Crippen LogP contribution is 2.35. The lowest BCUT2D eigenvalue weighted by Gasteiger charge is -2.43. The summed E-state index contributed by atoms with van der Waals surface area (Å²) in [5.74, 6) is 2.64. The van der Waals surface area contributed by atoms with Crippen LogP contribution in [0.3, 0.4) is 0 Å². The molecule has 1 aliphatic carbocycles. The molecular weight excluding hydrogens is 246 g/mol. The summed E-state index contributed by atoms with van der Waals surface area (Å²) in [7, 11) is 2.36. The van der Waals surface area contributed by atoms with Crippen LogP contribution in [0.4, 0.5) is 0 Å². The van der Waals surface area contributed by atoms with E-state index in [4.69, 9.17) is 0 Å². The fourth-order valence-electron chi connectivity index (χ4n) is 4.06. The van der Waals surface area contributed by atoms with E-state index in [0.717, 1.165) is 23.8 Å². The summed E-state index contributed by atoms with van der Waals surface area (Å²) in [5, 5.41) is 3.44. The van der Waals surface area contributed by atoms with E-state index in [9.17, 15) is 0 Å². The first-order valence-corrected chi connectivity index (χ1v) is 8.71. The van der Waals surface area contributed by atoms with Gasteiger partial charge in [-0.3, -0.25) is 4.90 Å². The van der Waals surface area contributed by atoms with Gasteiger partial charge in [0.1, 0.15) is 0 Å². The van der Waals surface area contributed by atoms with E-state index in [1.165, 1.54) is 58.5 Å². The lowest BCUT2D eigenvalue weighted by Crippen LogP contribution is -2.49. The van der Waals surface area contributed by atoms with Crippen LogP contribution in [-0.4, -0.2) is 62.2 Å². The molecule has 2 rings (SSSR count). The Morgan fingerprint density at radius 1 is 1.20 bits per heavy atom. The van der Waals surface area contributed by atoms with Gasteiger partial charge in [0.05, 0.1) is 0 Å². The van der Waals surface area contributed by atoms with Crippen LogP contribution in [0.1, 0.15) is 40.0 Å². The van der Waals surface area contributed by atoms with Gasteiger partial charge in [-0.15, -0.1) is 0 Å². The normalized spacial score (nSPS) is 33.0. The largest absolute Gasteiger partial charge is 0.314 e. The SMILES string of the molecule is CC1CCC(C(C)C)C(N(C)CCN2CCNCC2)C1. The monoisotopic (exact) mass is 281 g/mol. The van der Waals surface area contributed by atoms with Crippen molar-refractivity contribution in [2.24, 2.45) is 17.8 Å². The molecule has 3 nitrogen and oxygen atoms in total. The standard InChI is InChI=1S/C17H35N3/c1-14(2)16-6-5-15(3)13-17(16)19(4)11-12-20-9-7-18-8-10-20/h14-18H,5-13H2,1-4H3. The van der Waals surface area contributed by atoms with Gasteiger partial charge in [0.15, 0.2) is 0 Å². The number of likely N-dealkylation sites (N-methyl/N-ethyl adjacent to an activating group) is 1. The summed E-state index contributed by atoms with van der Waals surface area (Å²) in [5.41, 5.74) is 0. The molecule has 1 saturated carbocycles. The van der Waals surface area contributed by atoms with E-state index in [1.54, 1.807) is 0 Å². The molecule has 118 valence electrons. The lowest BCUT2D eigenvalue weighted by molar-refractivity contribution is 0.0687. The molecule has 0 amide bonds. The predicted molar refractivity (Wildman–Crippen MR) is 87.1 cm³/mol. The highest BCUT2D eigenvalue weighted by Gasteiger charge is 2.33. The Morgan fingerprint density at radius 2 is 1.90 bits per heavy atom. The number of rotatable bonds is 5. The molecule has 3 unspecified atom stereocenters. The zero-order chi connectivity index (χ0) is 14.5. The number of hydrogen-bond acceptors (Lipinski definition) is 3. The van der Waals surface area contributed by atoms with E-state index >= 15 is 0 Å². The van der Waals surface area contributed by atoms with Crippen LogP contribution >= 0.6 is 0 Å². The molecule has 0 aromatic carbocycles. The quantitative estimate of drug-likeness (QED) is 0.834. The summed E-state index contributed by atoms with van der Waals surface area (Å²) in [4.78, 5) is 5.28. The minimum Gasteiger partial charge on any atom is -0.314 e. The van der Waals surface area contributed by atoms with Gasteiger partial charge in [-0.25, -0.2) is 0 Å². The maximum Gasteiger partial charge on any atom is 0.0126 e. The minimum absolute atomic E-state index is 0.807. The molecule has 2 aliphatic rings. The van der Waals surface area contributed by atoms with Crippen molar-refractivity contribution >= 4 is 0 Å². The molecule has 1 heterocycles. The van der Waals surface area contributed by atoms with Crippen LogP contribution in [0.5, 0.6) is 0 Å². The van der Waals surface area contributed by atoms with E-state index in [2.05, 4.69) is 42.9 Å². The van der Waals surface area contributed by atoms with E-state index in [-0.39, 0.29) is 0 Å². The Bertz CT molecular complexity index is 273. The van der Waals surface area contributed by atoms with E-state index in [0.29, 0.717) is 0 Å². The number of piperazine rings is 1. The van der Waals surface area contributed by atoms with Crippen LogP contribution < -0.4 is 5.32 Å². The highest BCUT2D eigenvalue weighted by atomic mass is 15.2. The third kappa shape index (κ3) is 4.44. The van der Waals surface area contributed by atoms with Gasteiger partial charge in [0.2, 0.25) is 0 Å². The van der Waals surface area contributed by atoms with Crippen molar-refractivity contribution in [2.45, 2.75) is 46.1 Å². The number of nitrogens with one attached hydrogen (secondary N) is 1. The fourth-order valence-corrected chi connectivity index (χ4v) is 4.06. The summed E-state index contributed by atoms with van der Waals surface area (Å²) in [6, 6.07) is 0.807. The topological polar surface area (TPSA) is 18.5 Å². The van der Waals surface area contributed by atoms with Gasteiger partial charge in [0, 0.05) is 45.3 Å². The van der Waals surface area contributed by atoms with Gasteiger partial charge in [-0.1, -0.05) is 27.2 Å². The van der Waals surface area contributed by atoms with Crippen LogP contribution in [-0.2, 0) is 0 Å². The minimum atomic E-state index is 0.807. The second-order valence-corrected chi connectivity index (χ2v) is 7.47. The first kappa shape index (κ1) is 16.3. The van der Waals surface area contributed by atoms with Crippen molar-refractivity contribution in [3.63, 3.8) is 0 Å². The third-order valence-electron chi connectivity index (χ3n) is 5.53. The van der Waals surface area contributed by atoms with Crippen molar-refractivity contribution in [3.05, 3.63) is 0 Å². The van der Waals surface area contributed by atoms with Gasteiger partial charge in [-0.05, 0) is 37.6 Å². The molecule has 1 N–H and O–H groups in total. The Labute approximate surface area is 126 Å². The molecule has 1 saturated heterocycles. The maximum absolute atomic E-state index is 3.44. The second-order valence-electron chi connectivity index (χ2n) is 7.47. The molecule has 0 bridgehead atoms. The number of nitrogens with zero attached hydrogens (tertiary/aromatic N) is 2. The summed E-state index contributed by atoms with van der Waals surface area (Å²) >= 11 is 0. The third-order valence-corrected chi connectivity index (χ3v) is 5.53. The van der Waals surface area contributed by atoms with Crippen molar-refractivity contribution < 1.29 is 0 Å². The summed E-state index contributed by atoms with van der Waals surface area (Å²) < 4.78 is 0. The van der Waals surface area contributed by atoms with Crippen molar-refractivity contribution in [2.75, 3.05) is 46.3 Å². The molecule has 20 heavy (non-hydrogen) atoms. The molecule has 0 aromatic heterocycles. The Kier molecular flexibility index (Phi) is 6.31. The highest BCUT2D eigenvalue weighted by molar-refractivity contribution is 4.86. The Hall–Kier alpha value is -0.120. The molecular formula is C17H35N3. The lowest BCUT2D eigenvalue weighted by atomic mass is 9.73. The average molecular weight is 281 g/mol. The van der Waals surface area contributed by atoms with Crippen molar-refractivity contribution in [3.8, 4) is 0 Å². The van der Waals surface area contributed by atoms with Crippen LogP contribution in [0, 0.1) is 17.8 Å². The molecule has 3 heteroatoms. The molecule has 0 spiro atoms. The zero-order valence-corrected chi connectivity index (χ0v) is 14.1. The van der Waals surface area contributed by atoms with Crippen LogP contribution in [0.2, 0.25) is 0 Å². The molecule has 3 atom stereocenters. The molecule has 1 aliphatic heterocycles. The van der Waals surface area contributed by atoms with Crippen LogP contribution in [0.25, 0.3) is 0 Å². The van der Waals surface area contributed by atoms with Crippen molar-refractivity contribution in [1.82, 2.24) is 15.1 Å². The maximum atomic E-state index is 3.44. The van der Waals surface area contributed by atoms with Gasteiger partial charge >= 0.3 is 0 Å². The van der Waals surface area contributed by atoms with Gasteiger partial charge in [0.25, 0.3) is 0 Å². The van der Waals surface area contributed by atoms with E-state index < -0.39 is 0 Å². The van der Waals surface area contributed by atoms with E-state index in [1.807, 2.05) is 0 Å². The second kappa shape index (κ2) is 7.77. The fraction of sp³-hybridized carbons (Fsp3) is 1.00. The smallest absolute Gasteiger partial charge is 0.0126 e. The van der Waals surface area contributed by atoms with Gasteiger partial charge in [-0.2, -0.15) is 0 Å². The Morgan fingerprint density at radius 3 is 2.55 bits per heavy atom.